The second kappa shape index (κ2) is 8.86. The molecule has 8 nitrogen and oxygen atoms in total. The minimum Gasteiger partial charge on any atom is -0.507 e. The van der Waals surface area contributed by atoms with E-state index in [2.05, 4.69) is 20.5 Å². The lowest BCUT2D eigenvalue weighted by Crippen LogP contribution is -2.69. The SMILES string of the molecule is Cn1cc(F)c(-c2ccc(-c3cnc(N(C4CC4)[C@@H]4C[C@@H]5CCC[C@](C)(N5)[C@@H]4F)nn3)c(O)c2)cc1=O. The summed E-state index contributed by atoms with van der Waals surface area (Å²) >= 11 is 0. The van der Waals surface area contributed by atoms with Crippen molar-refractivity contribution in [2.45, 2.75) is 75.3 Å². The molecule has 1 saturated carbocycles. The molecule has 1 aromatic carbocycles. The maximum atomic E-state index is 15.8. The molecule has 1 aliphatic carbocycles. The van der Waals surface area contributed by atoms with Gasteiger partial charge in [0.2, 0.25) is 5.95 Å². The molecule has 2 saturated heterocycles. The maximum absolute atomic E-state index is 15.8. The lowest BCUT2D eigenvalue weighted by Gasteiger charge is -2.52. The van der Waals surface area contributed by atoms with Crippen LogP contribution >= 0.6 is 0 Å². The summed E-state index contributed by atoms with van der Waals surface area (Å²) in [6, 6.07) is 5.98. The van der Waals surface area contributed by atoms with Crippen molar-refractivity contribution in [3.63, 3.8) is 0 Å². The van der Waals surface area contributed by atoms with E-state index < -0.39 is 17.5 Å². The highest BCUT2D eigenvalue weighted by atomic mass is 19.1. The number of nitrogens with zero attached hydrogens (tertiary/aromatic N) is 5. The first-order valence-electron chi connectivity index (χ1n) is 12.8. The number of piperidine rings is 2. The number of hydrogen-bond acceptors (Lipinski definition) is 7. The molecule has 37 heavy (non-hydrogen) atoms. The molecule has 194 valence electrons. The molecule has 10 heteroatoms. The van der Waals surface area contributed by atoms with Crippen molar-refractivity contribution in [3.8, 4) is 28.1 Å². The molecular weight excluding hydrogens is 478 g/mol. The molecule has 2 bridgehead atoms. The third-order valence-electron chi connectivity index (χ3n) is 8.10. The maximum Gasteiger partial charge on any atom is 0.251 e. The Morgan fingerprint density at radius 3 is 2.70 bits per heavy atom. The number of anilines is 1. The Morgan fingerprint density at radius 2 is 2.00 bits per heavy atom. The molecule has 6 rings (SSSR count). The van der Waals surface area contributed by atoms with Crippen molar-refractivity contribution >= 4 is 5.95 Å². The topological polar surface area (TPSA) is 96.2 Å². The first kappa shape index (κ1) is 24.0. The summed E-state index contributed by atoms with van der Waals surface area (Å²) in [6.07, 6.45) is 7.16. The summed E-state index contributed by atoms with van der Waals surface area (Å²) in [5.74, 6) is -0.300. The Labute approximate surface area is 213 Å². The van der Waals surface area contributed by atoms with Crippen LogP contribution in [0, 0.1) is 5.82 Å². The van der Waals surface area contributed by atoms with Gasteiger partial charge in [0.15, 0.2) is 0 Å². The summed E-state index contributed by atoms with van der Waals surface area (Å²) in [7, 11) is 1.47. The second-order valence-electron chi connectivity index (χ2n) is 10.9. The summed E-state index contributed by atoms with van der Waals surface area (Å²) in [5, 5.41) is 22.9. The molecule has 4 heterocycles. The predicted molar refractivity (Wildman–Crippen MR) is 136 cm³/mol. The number of phenols is 1. The molecule has 3 fully saturated rings. The Kier molecular flexibility index (Phi) is 5.74. The minimum absolute atomic E-state index is 0.103. The largest absolute Gasteiger partial charge is 0.507 e. The zero-order chi connectivity index (χ0) is 25.9. The molecular formula is C27H30F2N6O2. The number of fused-ring (bicyclic) bond motifs is 2. The third kappa shape index (κ3) is 4.27. The molecule has 3 aromatic rings. The number of rotatable bonds is 5. The van der Waals surface area contributed by atoms with Crippen molar-refractivity contribution in [3.05, 3.63) is 52.8 Å². The minimum atomic E-state index is -1.04. The number of hydrogen-bond donors (Lipinski definition) is 2. The summed E-state index contributed by atoms with van der Waals surface area (Å²) < 4.78 is 31.4. The van der Waals surface area contributed by atoms with Crippen LogP contribution in [0.25, 0.3) is 22.4 Å². The van der Waals surface area contributed by atoms with E-state index in [0.717, 1.165) is 42.9 Å². The van der Waals surface area contributed by atoms with E-state index in [1.54, 1.807) is 12.1 Å². The van der Waals surface area contributed by atoms with Crippen LogP contribution in [0.1, 0.15) is 45.4 Å². The van der Waals surface area contributed by atoms with Crippen LogP contribution in [0.5, 0.6) is 5.75 Å². The number of nitrogens with one attached hydrogen (secondary N) is 1. The van der Waals surface area contributed by atoms with E-state index >= 15 is 4.39 Å². The number of aromatic hydroxyl groups is 1. The van der Waals surface area contributed by atoms with Gasteiger partial charge >= 0.3 is 0 Å². The molecule has 2 N–H and O–H groups in total. The highest BCUT2D eigenvalue weighted by Crippen LogP contribution is 2.42. The van der Waals surface area contributed by atoms with Gasteiger partial charge < -0.3 is 19.9 Å². The van der Waals surface area contributed by atoms with Gasteiger partial charge in [0, 0.05) is 48.1 Å². The van der Waals surface area contributed by atoms with E-state index in [1.807, 2.05) is 11.8 Å². The van der Waals surface area contributed by atoms with Gasteiger partial charge in [-0.2, -0.15) is 0 Å². The zero-order valence-electron chi connectivity index (χ0n) is 20.9. The number of phenolic OH excluding ortho intramolecular Hbond substituents is 1. The van der Waals surface area contributed by atoms with E-state index in [0.29, 0.717) is 29.2 Å². The molecule has 2 aliphatic heterocycles. The number of pyridine rings is 1. The first-order valence-corrected chi connectivity index (χ1v) is 12.8. The fourth-order valence-corrected chi connectivity index (χ4v) is 5.99. The van der Waals surface area contributed by atoms with Crippen molar-refractivity contribution < 1.29 is 13.9 Å². The lowest BCUT2D eigenvalue weighted by atomic mass is 9.73. The standard InChI is InChI=1S/C27H30F2N6O2/c1-27-9-3-4-16(31-27)11-22(25(27)29)35(17-6-7-17)26-30-13-21(32-33-26)18-8-5-15(10-23(18)36)19-12-24(37)34(2)14-20(19)28/h5,8,10,12-14,16-17,22,25,31,36H,3-4,6-7,9,11H2,1-2H3/t16-,22+,25+,27-/m0/s1. The number of benzene rings is 1. The van der Waals surface area contributed by atoms with E-state index in [9.17, 15) is 14.3 Å². The van der Waals surface area contributed by atoms with Crippen LogP contribution in [-0.2, 0) is 7.05 Å². The average molecular weight is 509 g/mol. The molecule has 3 aliphatic rings. The lowest BCUT2D eigenvalue weighted by molar-refractivity contribution is 0.0383. The highest BCUT2D eigenvalue weighted by Gasteiger charge is 2.52. The second-order valence-corrected chi connectivity index (χ2v) is 10.9. The summed E-state index contributed by atoms with van der Waals surface area (Å²) in [6.45, 7) is 1.98. The van der Waals surface area contributed by atoms with Gasteiger partial charge in [-0.3, -0.25) is 4.79 Å². The van der Waals surface area contributed by atoms with Gasteiger partial charge in [0.05, 0.1) is 12.2 Å². The Bertz CT molecular complexity index is 1390. The van der Waals surface area contributed by atoms with E-state index in [4.69, 9.17) is 0 Å². The number of aromatic nitrogens is 4. The smallest absolute Gasteiger partial charge is 0.251 e. The first-order chi connectivity index (χ1) is 17.7. The van der Waals surface area contributed by atoms with Crippen molar-refractivity contribution in [2.24, 2.45) is 7.05 Å². The number of halogens is 2. The van der Waals surface area contributed by atoms with Gasteiger partial charge in [-0.1, -0.05) is 6.07 Å². The molecule has 0 amide bonds. The molecule has 0 spiro atoms. The number of aryl methyl sites for hydroxylation is 1. The van der Waals surface area contributed by atoms with Crippen LogP contribution < -0.4 is 15.8 Å². The molecule has 0 radical (unpaired) electrons. The summed E-state index contributed by atoms with van der Waals surface area (Å²) in [4.78, 5) is 18.5. The van der Waals surface area contributed by atoms with E-state index in [-0.39, 0.29) is 35.0 Å². The van der Waals surface area contributed by atoms with Crippen molar-refractivity contribution in [1.82, 2.24) is 25.1 Å². The molecule has 4 atom stereocenters. The zero-order valence-corrected chi connectivity index (χ0v) is 20.9. The van der Waals surface area contributed by atoms with Crippen LogP contribution in [0.2, 0.25) is 0 Å². The van der Waals surface area contributed by atoms with Gasteiger partial charge in [-0.05, 0) is 63.1 Å². The molecule has 2 aromatic heterocycles. The van der Waals surface area contributed by atoms with Gasteiger partial charge in [-0.25, -0.2) is 13.8 Å². The van der Waals surface area contributed by atoms with Crippen LogP contribution in [-0.4, -0.2) is 54.7 Å². The number of alkyl halides is 1. The van der Waals surface area contributed by atoms with Crippen LogP contribution in [0.4, 0.5) is 14.7 Å². The average Bonchev–Trinajstić information content (AvgIpc) is 3.70. The summed E-state index contributed by atoms with van der Waals surface area (Å²) in [5.41, 5.74) is 0.303. The van der Waals surface area contributed by atoms with Gasteiger partial charge in [0.1, 0.15) is 23.4 Å². The Hall–Kier alpha value is -3.40. The normalized spacial score (nSPS) is 27.2. The van der Waals surface area contributed by atoms with Crippen LogP contribution in [0.15, 0.2) is 41.5 Å². The van der Waals surface area contributed by atoms with Crippen molar-refractivity contribution in [2.75, 3.05) is 4.90 Å². The highest BCUT2D eigenvalue weighted by molar-refractivity contribution is 5.74. The Balaban J connectivity index is 1.28. The predicted octanol–water partition coefficient (Wildman–Crippen LogP) is 3.73. The monoisotopic (exact) mass is 508 g/mol. The fraction of sp³-hybridized carbons (Fsp3) is 0.481. The third-order valence-corrected chi connectivity index (χ3v) is 8.10. The molecule has 0 unspecified atom stereocenters. The quantitative estimate of drug-likeness (QED) is 0.542. The van der Waals surface area contributed by atoms with Gasteiger partial charge in [0.25, 0.3) is 5.56 Å². The fourth-order valence-electron chi connectivity index (χ4n) is 5.99. The van der Waals surface area contributed by atoms with E-state index in [1.165, 1.54) is 25.4 Å². The van der Waals surface area contributed by atoms with Crippen molar-refractivity contribution in [1.29, 1.82) is 0 Å². The van der Waals surface area contributed by atoms with Crippen LogP contribution in [0.3, 0.4) is 0 Å². The Morgan fingerprint density at radius 1 is 1.19 bits per heavy atom. The van der Waals surface area contributed by atoms with Gasteiger partial charge in [-0.15, -0.1) is 10.2 Å².